The van der Waals surface area contributed by atoms with Gasteiger partial charge in [-0.2, -0.15) is 0 Å². The zero-order valence-corrected chi connectivity index (χ0v) is 18.5. The topological polar surface area (TPSA) is 74.9 Å². The molecule has 32 heavy (non-hydrogen) atoms. The second-order valence-electron chi connectivity index (χ2n) is 9.34. The van der Waals surface area contributed by atoms with Crippen LogP contribution >= 0.6 is 0 Å². The fraction of sp³-hybridized carbons (Fsp3) is 0.609. The van der Waals surface area contributed by atoms with Crippen LogP contribution in [0.3, 0.4) is 0 Å². The second kappa shape index (κ2) is 7.62. The van der Waals surface area contributed by atoms with Gasteiger partial charge in [-0.25, -0.2) is 15.8 Å². The molecule has 1 aromatic heterocycles. The van der Waals surface area contributed by atoms with Gasteiger partial charge in [-0.3, -0.25) is 19.2 Å². The predicted octanol–water partition coefficient (Wildman–Crippen LogP) is 2.38. The van der Waals surface area contributed by atoms with Crippen molar-refractivity contribution in [1.29, 1.82) is 0 Å². The van der Waals surface area contributed by atoms with Gasteiger partial charge in [0.2, 0.25) is 6.54 Å². The molecule has 9 heteroatoms. The number of rotatable bonds is 7. The molecule has 1 atom stereocenters. The predicted molar refractivity (Wildman–Crippen MR) is 120 cm³/mol. The highest BCUT2D eigenvalue weighted by molar-refractivity contribution is 5.91. The highest BCUT2D eigenvalue weighted by Crippen LogP contribution is 2.52. The summed E-state index contributed by atoms with van der Waals surface area (Å²) < 4.78 is 22.6. The Morgan fingerprint density at radius 3 is 2.72 bits per heavy atom. The summed E-state index contributed by atoms with van der Waals surface area (Å²) in [7, 11) is 3.55. The number of methoxy groups -OCH3 is 1. The molecule has 2 heterocycles. The summed E-state index contributed by atoms with van der Waals surface area (Å²) in [6.45, 7) is 9.66. The Balaban J connectivity index is 1.55. The Morgan fingerprint density at radius 1 is 1.34 bits per heavy atom. The van der Waals surface area contributed by atoms with E-state index in [1.165, 1.54) is 13.2 Å². The summed E-state index contributed by atoms with van der Waals surface area (Å²) in [4.78, 5) is 35.2. The lowest BCUT2D eigenvalue weighted by atomic mass is 9.95. The second-order valence-corrected chi connectivity index (χ2v) is 9.34. The van der Waals surface area contributed by atoms with Crippen LogP contribution < -0.4 is 20.9 Å². The number of aromatic amines is 1. The Hall–Kier alpha value is -2.86. The van der Waals surface area contributed by atoms with Crippen LogP contribution in [0.4, 0.5) is 10.1 Å². The van der Waals surface area contributed by atoms with Crippen molar-refractivity contribution in [1.82, 2.24) is 14.5 Å². The molecule has 5 rings (SSSR count). The van der Waals surface area contributed by atoms with Gasteiger partial charge in [-0.05, 0) is 51.1 Å². The number of aromatic nitrogens is 2. The number of nitrogens with one attached hydrogen (secondary N) is 1. The van der Waals surface area contributed by atoms with Gasteiger partial charge in [0.25, 0.3) is 5.56 Å². The van der Waals surface area contributed by atoms with E-state index in [0.717, 1.165) is 38.6 Å². The lowest BCUT2D eigenvalue weighted by molar-refractivity contribution is 0.168. The molecule has 2 aliphatic carbocycles. The van der Waals surface area contributed by atoms with E-state index in [1.54, 1.807) is 4.57 Å². The van der Waals surface area contributed by atoms with Crippen molar-refractivity contribution < 1.29 is 9.13 Å². The van der Waals surface area contributed by atoms with Crippen LogP contribution in [0.25, 0.3) is 15.7 Å². The smallest absolute Gasteiger partial charge is 0.329 e. The van der Waals surface area contributed by atoms with Crippen LogP contribution in [0, 0.1) is 18.3 Å². The fourth-order valence-corrected chi connectivity index (χ4v) is 5.57. The number of fused-ring (bicyclic) bond motifs is 1. The molecule has 1 aliphatic heterocycles. The Morgan fingerprint density at radius 2 is 2.09 bits per heavy atom. The summed E-state index contributed by atoms with van der Waals surface area (Å²) in [6.07, 6.45) is 4.81. The van der Waals surface area contributed by atoms with Gasteiger partial charge in [-0.15, -0.1) is 0 Å². The first kappa shape index (κ1) is 21.0. The average Bonchev–Trinajstić information content (AvgIpc) is 3.70. The molecule has 2 saturated carbocycles. The molecular weight excluding hydrogens is 413 g/mol. The maximum absolute atomic E-state index is 15.4. The maximum Gasteiger partial charge on any atom is 0.329 e. The van der Waals surface area contributed by atoms with Crippen molar-refractivity contribution in [3.8, 4) is 5.75 Å². The number of anilines is 1. The van der Waals surface area contributed by atoms with Crippen molar-refractivity contribution in [3.63, 3.8) is 0 Å². The van der Waals surface area contributed by atoms with E-state index in [-0.39, 0.29) is 22.7 Å². The monoisotopic (exact) mass is 441 g/mol. The number of nitrogens with zero attached hydrogens (tertiary/aromatic N) is 4. The van der Waals surface area contributed by atoms with E-state index in [0.29, 0.717) is 36.8 Å². The Bertz CT molecular complexity index is 1220. The van der Waals surface area contributed by atoms with Crippen LogP contribution in [0.2, 0.25) is 0 Å². The molecule has 170 valence electrons. The summed E-state index contributed by atoms with van der Waals surface area (Å²) in [5.41, 5.74) is -0.268. The molecular formula is C23H28FN5O3. The fourth-order valence-electron chi connectivity index (χ4n) is 5.57. The van der Waals surface area contributed by atoms with E-state index in [9.17, 15) is 9.59 Å². The summed E-state index contributed by atoms with van der Waals surface area (Å²) in [5.74, 6) is 0.123. The van der Waals surface area contributed by atoms with Gasteiger partial charge < -0.3 is 14.5 Å². The zero-order valence-electron chi connectivity index (χ0n) is 18.5. The van der Waals surface area contributed by atoms with Gasteiger partial charge in [0.15, 0.2) is 11.6 Å². The molecule has 1 aromatic carbocycles. The Kier molecular flexibility index (Phi) is 5.01. The molecule has 0 amide bonds. The number of H-pyrrole nitrogens is 1. The standard InChI is InChI=1S/C23H28FN5O3/c1-25-9-11-27(2)23(7-8-23)14-6-10-28(13-14)19-17(24)12-16-18(20(19)32-3)29(15-4-5-15)22(31)26-21(16)30/h12,14-15H,4-11,13H2,2-3H3,(H,26,30,31). The molecule has 2 aromatic rings. The van der Waals surface area contributed by atoms with Gasteiger partial charge in [0, 0.05) is 24.7 Å². The van der Waals surface area contributed by atoms with Crippen LogP contribution in [0.15, 0.2) is 15.7 Å². The van der Waals surface area contributed by atoms with Gasteiger partial charge >= 0.3 is 5.69 Å². The molecule has 3 fully saturated rings. The minimum atomic E-state index is -0.594. The van der Waals surface area contributed by atoms with Crippen molar-refractivity contribution in [2.45, 2.75) is 43.7 Å². The quantitative estimate of drug-likeness (QED) is 0.668. The Labute approximate surface area is 185 Å². The third kappa shape index (κ3) is 3.20. The van der Waals surface area contributed by atoms with Crippen molar-refractivity contribution in [2.24, 2.45) is 5.92 Å². The highest BCUT2D eigenvalue weighted by atomic mass is 19.1. The minimum Gasteiger partial charge on any atom is -0.492 e. The highest BCUT2D eigenvalue weighted by Gasteiger charge is 2.54. The number of halogens is 1. The molecule has 0 spiro atoms. The third-order valence-electron chi connectivity index (χ3n) is 7.56. The number of benzene rings is 1. The van der Waals surface area contributed by atoms with Gasteiger partial charge in [0.1, 0.15) is 11.2 Å². The number of likely N-dealkylation sites (N-methyl/N-ethyl adjacent to an activating group) is 1. The third-order valence-corrected chi connectivity index (χ3v) is 7.56. The zero-order chi connectivity index (χ0) is 22.6. The van der Waals surface area contributed by atoms with Crippen LogP contribution in [0.1, 0.15) is 38.1 Å². The lowest BCUT2D eigenvalue weighted by Gasteiger charge is -2.32. The van der Waals surface area contributed by atoms with E-state index in [1.807, 2.05) is 4.90 Å². The van der Waals surface area contributed by atoms with Crippen LogP contribution in [-0.4, -0.2) is 60.3 Å². The molecule has 0 bridgehead atoms. The average molecular weight is 442 g/mol. The minimum absolute atomic E-state index is 0.00576. The molecule has 8 nitrogen and oxygen atoms in total. The molecule has 1 N–H and O–H groups in total. The van der Waals surface area contributed by atoms with Crippen LogP contribution in [-0.2, 0) is 0 Å². The SMILES string of the molecule is [C-]#[N+]CCN(C)C1(C2CCN(c3c(F)cc4c(=O)[nH]c(=O)n(C5CC5)c4c3OC)C2)CC1. The number of ether oxygens (including phenoxy) is 1. The van der Waals surface area contributed by atoms with E-state index < -0.39 is 17.1 Å². The first-order valence-electron chi connectivity index (χ1n) is 11.3. The number of hydrogen-bond acceptors (Lipinski definition) is 5. The largest absolute Gasteiger partial charge is 0.492 e. The normalized spacial score (nSPS) is 21.8. The first-order chi connectivity index (χ1) is 15.4. The molecule has 0 radical (unpaired) electrons. The molecule has 1 saturated heterocycles. The molecule has 3 aliphatic rings. The first-order valence-corrected chi connectivity index (χ1v) is 11.3. The van der Waals surface area contributed by atoms with E-state index >= 15 is 4.39 Å². The summed E-state index contributed by atoms with van der Waals surface area (Å²) >= 11 is 0. The van der Waals surface area contributed by atoms with E-state index in [2.05, 4.69) is 21.8 Å². The molecule has 1 unspecified atom stereocenters. The van der Waals surface area contributed by atoms with Gasteiger partial charge in [-0.1, -0.05) is 0 Å². The summed E-state index contributed by atoms with van der Waals surface area (Å²) in [5, 5.41) is 0.142. The number of hydrogen-bond donors (Lipinski definition) is 1. The summed E-state index contributed by atoms with van der Waals surface area (Å²) in [6, 6.07) is 1.25. The van der Waals surface area contributed by atoms with E-state index in [4.69, 9.17) is 11.3 Å². The maximum atomic E-state index is 15.4. The lowest BCUT2D eigenvalue weighted by Crippen LogP contribution is -2.42. The van der Waals surface area contributed by atoms with Crippen molar-refractivity contribution >= 4 is 16.6 Å². The van der Waals surface area contributed by atoms with Crippen molar-refractivity contribution in [3.05, 3.63) is 44.1 Å². The van der Waals surface area contributed by atoms with Crippen molar-refractivity contribution in [2.75, 3.05) is 45.2 Å². The van der Waals surface area contributed by atoms with Gasteiger partial charge in [0.05, 0.1) is 19.0 Å². The van der Waals surface area contributed by atoms with Crippen LogP contribution in [0.5, 0.6) is 5.75 Å².